The molecule has 0 fully saturated rings. The molecule has 3 amide bonds. The Hall–Kier alpha value is -2.04. The molecule has 0 aliphatic carbocycles. The van der Waals surface area contributed by atoms with Crippen molar-refractivity contribution in [3.8, 4) is 0 Å². The van der Waals surface area contributed by atoms with E-state index in [1.54, 1.807) is 11.8 Å². The van der Waals surface area contributed by atoms with E-state index in [0.29, 0.717) is 19.5 Å². The van der Waals surface area contributed by atoms with Crippen molar-refractivity contribution in [3.05, 3.63) is 35.9 Å². The van der Waals surface area contributed by atoms with Crippen molar-refractivity contribution in [1.29, 1.82) is 0 Å². The minimum absolute atomic E-state index is 0.271. The Bertz CT molecular complexity index is 457. The second kappa shape index (κ2) is 6.93. The summed E-state index contributed by atoms with van der Waals surface area (Å²) >= 11 is 0. The van der Waals surface area contributed by atoms with Gasteiger partial charge >= 0.3 is 6.03 Å². The molecule has 1 aromatic carbocycles. The third-order valence-corrected chi connectivity index (χ3v) is 3.38. The van der Waals surface area contributed by atoms with Crippen LogP contribution < -0.4 is 11.1 Å². The quantitative estimate of drug-likeness (QED) is 0.827. The standard InChI is InChI=1S/C15H23N3O2/c1-4-18(5-2)14(20)17-15(3,13(16)19)11-12-9-7-6-8-10-12/h6-10H,4-5,11H2,1-3H3,(H2,16,19)(H,17,20)/t15-/m0/s1. The van der Waals surface area contributed by atoms with E-state index in [1.807, 2.05) is 44.2 Å². The number of carbonyl (C=O) groups is 2. The fourth-order valence-electron chi connectivity index (χ4n) is 2.02. The van der Waals surface area contributed by atoms with Crippen molar-refractivity contribution in [2.24, 2.45) is 5.73 Å². The second-order valence-corrected chi connectivity index (χ2v) is 4.96. The van der Waals surface area contributed by atoms with Crippen LogP contribution in [0.15, 0.2) is 30.3 Å². The minimum Gasteiger partial charge on any atom is -0.368 e. The van der Waals surface area contributed by atoms with E-state index in [9.17, 15) is 9.59 Å². The Balaban J connectivity index is 2.87. The molecule has 0 heterocycles. The molecule has 1 rings (SSSR count). The number of hydrogen-bond acceptors (Lipinski definition) is 2. The Kier molecular flexibility index (Phi) is 5.55. The van der Waals surface area contributed by atoms with Gasteiger partial charge in [0.1, 0.15) is 5.54 Å². The summed E-state index contributed by atoms with van der Waals surface area (Å²) < 4.78 is 0. The van der Waals surface area contributed by atoms with Crippen LogP contribution in [-0.2, 0) is 11.2 Å². The zero-order valence-corrected chi connectivity index (χ0v) is 12.3. The lowest BCUT2D eigenvalue weighted by atomic mass is 9.92. The lowest BCUT2D eigenvalue weighted by molar-refractivity contribution is -0.123. The van der Waals surface area contributed by atoms with Gasteiger partial charge in [-0.3, -0.25) is 4.79 Å². The largest absolute Gasteiger partial charge is 0.368 e. The molecule has 3 N–H and O–H groups in total. The van der Waals surface area contributed by atoms with E-state index >= 15 is 0 Å². The average molecular weight is 277 g/mol. The normalized spacial score (nSPS) is 13.3. The summed E-state index contributed by atoms with van der Waals surface area (Å²) in [6.07, 6.45) is 0.371. The highest BCUT2D eigenvalue weighted by molar-refractivity contribution is 5.89. The number of benzene rings is 1. The molecule has 20 heavy (non-hydrogen) atoms. The van der Waals surface area contributed by atoms with E-state index in [-0.39, 0.29) is 6.03 Å². The fraction of sp³-hybridized carbons (Fsp3) is 0.467. The summed E-state index contributed by atoms with van der Waals surface area (Å²) in [5.41, 5.74) is 5.33. The van der Waals surface area contributed by atoms with Crippen LogP contribution in [0.5, 0.6) is 0 Å². The van der Waals surface area contributed by atoms with Gasteiger partial charge in [0.05, 0.1) is 0 Å². The van der Waals surface area contributed by atoms with Gasteiger partial charge in [-0.2, -0.15) is 0 Å². The summed E-state index contributed by atoms with van der Waals surface area (Å²) in [7, 11) is 0. The van der Waals surface area contributed by atoms with Gasteiger partial charge in [-0.1, -0.05) is 30.3 Å². The van der Waals surface area contributed by atoms with Crippen LogP contribution in [0.4, 0.5) is 4.79 Å². The highest BCUT2D eigenvalue weighted by atomic mass is 16.2. The maximum atomic E-state index is 12.1. The molecule has 110 valence electrons. The van der Waals surface area contributed by atoms with Gasteiger partial charge in [0.15, 0.2) is 0 Å². The number of rotatable bonds is 6. The van der Waals surface area contributed by atoms with E-state index in [0.717, 1.165) is 5.56 Å². The summed E-state index contributed by atoms with van der Waals surface area (Å²) in [5.74, 6) is -0.540. The molecule has 0 aliphatic rings. The van der Waals surface area contributed by atoms with Gasteiger partial charge in [-0.25, -0.2) is 4.79 Å². The number of nitrogens with one attached hydrogen (secondary N) is 1. The topological polar surface area (TPSA) is 75.4 Å². The molecule has 1 atom stereocenters. The van der Waals surface area contributed by atoms with Gasteiger partial charge in [0.25, 0.3) is 0 Å². The molecule has 0 saturated carbocycles. The number of amides is 3. The van der Waals surface area contributed by atoms with Gasteiger partial charge in [0.2, 0.25) is 5.91 Å². The molecule has 0 radical (unpaired) electrons. The van der Waals surface area contributed by atoms with Crippen molar-refractivity contribution in [3.63, 3.8) is 0 Å². The fourth-order valence-corrected chi connectivity index (χ4v) is 2.02. The first kappa shape index (κ1) is 16.0. The minimum atomic E-state index is -1.10. The number of primary amides is 1. The van der Waals surface area contributed by atoms with Gasteiger partial charge in [-0.05, 0) is 26.3 Å². The van der Waals surface area contributed by atoms with Crippen LogP contribution >= 0.6 is 0 Å². The second-order valence-electron chi connectivity index (χ2n) is 4.96. The maximum Gasteiger partial charge on any atom is 0.318 e. The van der Waals surface area contributed by atoms with Crippen molar-refractivity contribution in [1.82, 2.24) is 10.2 Å². The Morgan fingerprint density at radius 3 is 2.20 bits per heavy atom. The highest BCUT2D eigenvalue weighted by Gasteiger charge is 2.34. The Morgan fingerprint density at radius 1 is 1.20 bits per heavy atom. The summed E-state index contributed by atoms with van der Waals surface area (Å²) in [5, 5.41) is 2.76. The molecule has 0 saturated heterocycles. The first-order valence-corrected chi connectivity index (χ1v) is 6.83. The van der Waals surface area contributed by atoms with E-state index in [1.165, 1.54) is 0 Å². The molecule has 0 aromatic heterocycles. The molecule has 0 aliphatic heterocycles. The lowest BCUT2D eigenvalue weighted by Crippen LogP contribution is -2.59. The first-order chi connectivity index (χ1) is 9.42. The van der Waals surface area contributed by atoms with E-state index in [4.69, 9.17) is 5.73 Å². The van der Waals surface area contributed by atoms with E-state index < -0.39 is 11.4 Å². The SMILES string of the molecule is CCN(CC)C(=O)N[C@@](C)(Cc1ccccc1)C(N)=O. The maximum absolute atomic E-state index is 12.1. The summed E-state index contributed by atoms with van der Waals surface area (Å²) in [6, 6.07) is 9.23. The van der Waals surface area contributed by atoms with Crippen LogP contribution in [0.3, 0.4) is 0 Å². The van der Waals surface area contributed by atoms with Crippen molar-refractivity contribution >= 4 is 11.9 Å². The number of urea groups is 1. The molecular formula is C15H23N3O2. The van der Waals surface area contributed by atoms with Gasteiger partial charge < -0.3 is 16.0 Å². The van der Waals surface area contributed by atoms with Crippen LogP contribution in [0.2, 0.25) is 0 Å². The smallest absolute Gasteiger partial charge is 0.318 e. The number of nitrogens with two attached hydrogens (primary N) is 1. The number of hydrogen-bond donors (Lipinski definition) is 2. The zero-order valence-electron chi connectivity index (χ0n) is 12.3. The molecule has 5 nitrogen and oxygen atoms in total. The predicted molar refractivity (Wildman–Crippen MR) is 79.2 cm³/mol. The Labute approximate surface area is 120 Å². The van der Waals surface area contributed by atoms with Crippen molar-refractivity contribution in [2.45, 2.75) is 32.7 Å². The highest BCUT2D eigenvalue weighted by Crippen LogP contribution is 2.13. The lowest BCUT2D eigenvalue weighted by Gasteiger charge is -2.31. The van der Waals surface area contributed by atoms with Crippen LogP contribution in [0, 0.1) is 0 Å². The van der Waals surface area contributed by atoms with Crippen molar-refractivity contribution in [2.75, 3.05) is 13.1 Å². The van der Waals surface area contributed by atoms with Crippen LogP contribution in [-0.4, -0.2) is 35.5 Å². The molecule has 0 spiro atoms. The number of nitrogens with zero attached hydrogens (tertiary/aromatic N) is 1. The summed E-state index contributed by atoms with van der Waals surface area (Å²) in [4.78, 5) is 25.5. The third-order valence-electron chi connectivity index (χ3n) is 3.38. The molecule has 1 aromatic rings. The predicted octanol–water partition coefficient (Wildman–Crippen LogP) is 1.52. The average Bonchev–Trinajstić information content (AvgIpc) is 2.40. The summed E-state index contributed by atoms with van der Waals surface area (Å²) in [6.45, 7) is 6.61. The first-order valence-electron chi connectivity index (χ1n) is 6.83. The monoisotopic (exact) mass is 277 g/mol. The van der Waals surface area contributed by atoms with Gasteiger partial charge in [0, 0.05) is 19.5 Å². The molecular weight excluding hydrogens is 254 g/mol. The number of carbonyl (C=O) groups excluding carboxylic acids is 2. The van der Waals surface area contributed by atoms with Crippen LogP contribution in [0.1, 0.15) is 26.3 Å². The zero-order chi connectivity index (χ0) is 15.2. The van der Waals surface area contributed by atoms with Crippen LogP contribution in [0.25, 0.3) is 0 Å². The Morgan fingerprint density at radius 2 is 1.75 bits per heavy atom. The molecule has 0 bridgehead atoms. The van der Waals surface area contributed by atoms with E-state index in [2.05, 4.69) is 5.32 Å². The molecule has 0 unspecified atom stereocenters. The van der Waals surface area contributed by atoms with Gasteiger partial charge in [-0.15, -0.1) is 0 Å². The molecule has 5 heteroatoms. The van der Waals surface area contributed by atoms with Crippen molar-refractivity contribution < 1.29 is 9.59 Å². The third kappa shape index (κ3) is 3.98.